The molecule has 0 aliphatic heterocycles. The van der Waals surface area contributed by atoms with Gasteiger partial charge >= 0.3 is 0 Å². The minimum atomic E-state index is 0.138. The third kappa shape index (κ3) is 7.24. The first-order chi connectivity index (χ1) is 8.78. The van der Waals surface area contributed by atoms with Crippen LogP contribution in [0.5, 0.6) is 0 Å². The molecule has 108 valence electrons. The fourth-order valence-electron chi connectivity index (χ4n) is 1.57. The minimum absolute atomic E-state index is 0.138. The molecule has 0 aliphatic rings. The Kier molecular flexibility index (Phi) is 6.72. The Labute approximate surface area is 127 Å². The second kappa shape index (κ2) is 7.56. The zero-order valence-electron chi connectivity index (χ0n) is 12.7. The highest BCUT2D eigenvalue weighted by molar-refractivity contribution is 7.99. The number of thioether (sulfide) groups is 1. The molecule has 19 heavy (non-hydrogen) atoms. The molecule has 0 atom stereocenters. The first kappa shape index (κ1) is 16.9. The number of hydrogen-bond acceptors (Lipinski definition) is 2. The van der Waals surface area contributed by atoms with Crippen LogP contribution >= 0.6 is 23.4 Å². The molecule has 3 heteroatoms. The van der Waals surface area contributed by atoms with Gasteiger partial charge in [0.15, 0.2) is 0 Å². The van der Waals surface area contributed by atoms with Gasteiger partial charge in [-0.1, -0.05) is 31.5 Å². The molecule has 0 bridgehead atoms. The van der Waals surface area contributed by atoms with Gasteiger partial charge in [-0.25, -0.2) is 0 Å². The van der Waals surface area contributed by atoms with Crippen molar-refractivity contribution in [1.82, 2.24) is 5.32 Å². The summed E-state index contributed by atoms with van der Waals surface area (Å²) in [4.78, 5) is 1.31. The molecule has 0 spiro atoms. The Morgan fingerprint density at radius 1 is 1.26 bits per heavy atom. The van der Waals surface area contributed by atoms with Gasteiger partial charge in [-0.2, -0.15) is 0 Å². The van der Waals surface area contributed by atoms with Crippen LogP contribution in [-0.4, -0.2) is 11.3 Å². The summed E-state index contributed by atoms with van der Waals surface area (Å²) in [6.07, 6.45) is 1.24. The summed E-state index contributed by atoms with van der Waals surface area (Å²) in [7, 11) is 0. The number of benzene rings is 1. The Bertz CT molecular complexity index is 396. The largest absolute Gasteiger partial charge is 0.308 e. The van der Waals surface area contributed by atoms with Crippen LogP contribution in [0.3, 0.4) is 0 Å². The maximum absolute atomic E-state index is 6.11. The van der Waals surface area contributed by atoms with Crippen molar-refractivity contribution >= 4 is 23.4 Å². The quantitative estimate of drug-likeness (QED) is 0.709. The molecule has 1 aromatic rings. The fraction of sp³-hybridized carbons (Fsp3) is 0.625. The van der Waals surface area contributed by atoms with Gasteiger partial charge in [-0.15, -0.1) is 11.8 Å². The van der Waals surface area contributed by atoms with E-state index in [4.69, 9.17) is 11.6 Å². The zero-order valence-corrected chi connectivity index (χ0v) is 14.3. The summed E-state index contributed by atoms with van der Waals surface area (Å²) in [5.74, 6) is 1.91. The van der Waals surface area contributed by atoms with Crippen molar-refractivity contribution < 1.29 is 0 Å². The molecular weight excluding hydrogens is 274 g/mol. The van der Waals surface area contributed by atoms with E-state index in [1.165, 1.54) is 16.9 Å². The third-order valence-electron chi connectivity index (χ3n) is 2.79. The van der Waals surface area contributed by atoms with Crippen molar-refractivity contribution in [2.24, 2.45) is 5.92 Å². The second-order valence-corrected chi connectivity index (χ2v) is 7.96. The number of nitrogens with one attached hydrogen (secondary N) is 1. The van der Waals surface area contributed by atoms with Crippen molar-refractivity contribution in [3.05, 3.63) is 28.8 Å². The standard InChI is InChI=1S/C16H26ClNS/c1-12(2)8-9-19-15-10-14(17)7-6-13(15)11-18-16(3,4)5/h6-7,10,12,18H,8-9,11H2,1-5H3. The summed E-state index contributed by atoms with van der Waals surface area (Å²) in [6, 6.07) is 6.21. The predicted molar refractivity (Wildman–Crippen MR) is 88.2 cm³/mol. The van der Waals surface area contributed by atoms with E-state index in [0.29, 0.717) is 0 Å². The Morgan fingerprint density at radius 2 is 1.95 bits per heavy atom. The van der Waals surface area contributed by atoms with E-state index in [0.717, 1.165) is 23.2 Å². The summed E-state index contributed by atoms with van der Waals surface area (Å²) >= 11 is 8.03. The molecule has 0 aliphatic carbocycles. The lowest BCUT2D eigenvalue weighted by molar-refractivity contribution is 0.422. The van der Waals surface area contributed by atoms with E-state index in [1.54, 1.807) is 0 Å². The lowest BCUT2D eigenvalue weighted by Crippen LogP contribution is -2.35. The van der Waals surface area contributed by atoms with Gasteiger partial charge in [0.1, 0.15) is 0 Å². The SMILES string of the molecule is CC(C)CCSc1cc(Cl)ccc1CNC(C)(C)C. The highest BCUT2D eigenvalue weighted by atomic mass is 35.5. The molecule has 1 N–H and O–H groups in total. The minimum Gasteiger partial charge on any atom is -0.308 e. The van der Waals surface area contributed by atoms with Gasteiger partial charge in [0.2, 0.25) is 0 Å². The van der Waals surface area contributed by atoms with E-state index in [1.807, 2.05) is 17.8 Å². The average molecular weight is 300 g/mol. The van der Waals surface area contributed by atoms with Gasteiger partial charge in [-0.3, -0.25) is 0 Å². The van der Waals surface area contributed by atoms with Crippen LogP contribution in [0.25, 0.3) is 0 Å². The van der Waals surface area contributed by atoms with Crippen LogP contribution in [-0.2, 0) is 6.54 Å². The lowest BCUT2D eigenvalue weighted by atomic mass is 10.1. The van der Waals surface area contributed by atoms with Crippen LogP contribution < -0.4 is 5.32 Å². The Balaban J connectivity index is 2.68. The van der Waals surface area contributed by atoms with Crippen molar-refractivity contribution in [3.8, 4) is 0 Å². The van der Waals surface area contributed by atoms with E-state index in [2.05, 4.69) is 52.1 Å². The van der Waals surface area contributed by atoms with Crippen molar-refractivity contribution in [3.63, 3.8) is 0 Å². The summed E-state index contributed by atoms with van der Waals surface area (Å²) in [5.41, 5.74) is 1.48. The summed E-state index contributed by atoms with van der Waals surface area (Å²) < 4.78 is 0. The molecular formula is C16H26ClNS. The molecule has 1 rings (SSSR count). The summed E-state index contributed by atoms with van der Waals surface area (Å²) in [5, 5.41) is 4.37. The van der Waals surface area contributed by atoms with Gasteiger partial charge in [0.05, 0.1) is 0 Å². The van der Waals surface area contributed by atoms with Gasteiger partial charge in [-0.05, 0) is 56.6 Å². The fourth-order valence-corrected chi connectivity index (χ4v) is 3.16. The molecule has 0 amide bonds. The second-order valence-electron chi connectivity index (χ2n) is 6.39. The highest BCUT2D eigenvalue weighted by Gasteiger charge is 2.11. The van der Waals surface area contributed by atoms with Crippen LogP contribution in [0.15, 0.2) is 23.1 Å². The molecule has 0 saturated heterocycles. The Hall–Kier alpha value is -0.180. The van der Waals surface area contributed by atoms with Crippen molar-refractivity contribution in [1.29, 1.82) is 0 Å². The van der Waals surface area contributed by atoms with Crippen LogP contribution in [0.2, 0.25) is 5.02 Å². The molecule has 0 radical (unpaired) electrons. The predicted octanol–water partition coefficient (Wildman–Crippen LogP) is 5.37. The zero-order chi connectivity index (χ0) is 14.5. The normalized spacial score (nSPS) is 12.2. The molecule has 0 saturated carbocycles. The highest BCUT2D eigenvalue weighted by Crippen LogP contribution is 2.28. The van der Waals surface area contributed by atoms with Crippen molar-refractivity contribution in [2.75, 3.05) is 5.75 Å². The molecule has 0 fully saturated rings. The number of rotatable bonds is 6. The average Bonchev–Trinajstić information content (AvgIpc) is 2.26. The topological polar surface area (TPSA) is 12.0 Å². The Morgan fingerprint density at radius 3 is 2.53 bits per heavy atom. The number of halogens is 1. The molecule has 1 aromatic carbocycles. The van der Waals surface area contributed by atoms with E-state index >= 15 is 0 Å². The van der Waals surface area contributed by atoms with E-state index in [9.17, 15) is 0 Å². The van der Waals surface area contributed by atoms with Gasteiger partial charge < -0.3 is 5.32 Å². The van der Waals surface area contributed by atoms with E-state index < -0.39 is 0 Å². The molecule has 0 aromatic heterocycles. The van der Waals surface area contributed by atoms with Gasteiger partial charge in [0, 0.05) is 22.0 Å². The number of hydrogen-bond donors (Lipinski definition) is 1. The maximum atomic E-state index is 6.11. The summed E-state index contributed by atoms with van der Waals surface area (Å²) in [6.45, 7) is 12.0. The first-order valence-corrected chi connectivity index (χ1v) is 8.30. The molecule has 0 unspecified atom stereocenters. The lowest BCUT2D eigenvalue weighted by Gasteiger charge is -2.21. The molecule has 0 heterocycles. The third-order valence-corrected chi connectivity index (χ3v) is 4.16. The monoisotopic (exact) mass is 299 g/mol. The van der Waals surface area contributed by atoms with Crippen LogP contribution in [0.4, 0.5) is 0 Å². The van der Waals surface area contributed by atoms with E-state index in [-0.39, 0.29) is 5.54 Å². The van der Waals surface area contributed by atoms with Crippen molar-refractivity contribution in [2.45, 2.75) is 58.0 Å². The van der Waals surface area contributed by atoms with Crippen LogP contribution in [0, 0.1) is 5.92 Å². The van der Waals surface area contributed by atoms with Gasteiger partial charge in [0.25, 0.3) is 0 Å². The maximum Gasteiger partial charge on any atom is 0.0417 e. The molecule has 1 nitrogen and oxygen atoms in total. The smallest absolute Gasteiger partial charge is 0.0417 e. The van der Waals surface area contributed by atoms with Crippen LogP contribution in [0.1, 0.15) is 46.6 Å². The first-order valence-electron chi connectivity index (χ1n) is 6.94.